The van der Waals surface area contributed by atoms with Crippen LogP contribution in [0.5, 0.6) is 0 Å². The molecule has 1 rings (SSSR count). The molecule has 0 atom stereocenters. The van der Waals surface area contributed by atoms with Gasteiger partial charge in [0.1, 0.15) is 5.54 Å². The number of nitrogens with one attached hydrogen (secondary N) is 1. The number of nitriles is 1. The van der Waals surface area contributed by atoms with Crippen LogP contribution >= 0.6 is 0 Å². The first-order valence-electron chi connectivity index (χ1n) is 5.59. The molecule has 6 heteroatoms. The quantitative estimate of drug-likeness (QED) is 0.559. The van der Waals surface area contributed by atoms with Crippen LogP contribution in [-0.2, 0) is 10.1 Å². The lowest BCUT2D eigenvalue weighted by Crippen LogP contribution is -2.46. The second-order valence-corrected chi connectivity index (χ2v) is 5.89. The summed E-state index contributed by atoms with van der Waals surface area (Å²) in [6.07, 6.45) is 5.24. The maximum atomic E-state index is 10.5. The molecular formula is C10H18N2O3S. The van der Waals surface area contributed by atoms with Crippen molar-refractivity contribution in [1.82, 2.24) is 5.32 Å². The van der Waals surface area contributed by atoms with E-state index >= 15 is 0 Å². The van der Waals surface area contributed by atoms with Crippen molar-refractivity contribution in [2.45, 2.75) is 44.1 Å². The summed E-state index contributed by atoms with van der Waals surface area (Å²) in [5.74, 6) is -0.249. The first-order chi connectivity index (χ1) is 7.47. The zero-order chi connectivity index (χ0) is 12.1. The third-order valence-electron chi connectivity index (χ3n) is 2.96. The van der Waals surface area contributed by atoms with Crippen molar-refractivity contribution in [2.24, 2.45) is 0 Å². The molecule has 0 heterocycles. The van der Waals surface area contributed by atoms with E-state index in [1.807, 2.05) is 0 Å². The summed E-state index contributed by atoms with van der Waals surface area (Å²) in [7, 11) is -3.88. The molecule has 0 bridgehead atoms. The molecule has 0 spiro atoms. The van der Waals surface area contributed by atoms with E-state index in [2.05, 4.69) is 11.4 Å². The fourth-order valence-corrected chi connectivity index (χ4v) is 2.57. The lowest BCUT2D eigenvalue weighted by Gasteiger charge is -2.31. The van der Waals surface area contributed by atoms with Crippen LogP contribution in [0.25, 0.3) is 0 Å². The molecule has 0 unspecified atom stereocenters. The van der Waals surface area contributed by atoms with Crippen LogP contribution < -0.4 is 5.32 Å². The summed E-state index contributed by atoms with van der Waals surface area (Å²) >= 11 is 0. The van der Waals surface area contributed by atoms with E-state index in [0.29, 0.717) is 13.0 Å². The highest BCUT2D eigenvalue weighted by molar-refractivity contribution is 7.85. The molecule has 1 aliphatic carbocycles. The predicted octanol–water partition coefficient (Wildman–Crippen LogP) is 1.08. The van der Waals surface area contributed by atoms with E-state index in [4.69, 9.17) is 9.81 Å². The van der Waals surface area contributed by atoms with Crippen molar-refractivity contribution in [2.75, 3.05) is 12.3 Å². The van der Waals surface area contributed by atoms with Gasteiger partial charge in [-0.25, -0.2) is 0 Å². The fourth-order valence-electron chi connectivity index (χ4n) is 2.07. The minimum atomic E-state index is -3.88. The van der Waals surface area contributed by atoms with Crippen molar-refractivity contribution in [3.8, 4) is 6.07 Å². The van der Waals surface area contributed by atoms with Crippen LogP contribution in [0.3, 0.4) is 0 Å². The summed E-state index contributed by atoms with van der Waals surface area (Å²) in [6.45, 7) is 0.452. The van der Waals surface area contributed by atoms with Crippen LogP contribution in [0.2, 0.25) is 0 Å². The highest BCUT2D eigenvalue weighted by Crippen LogP contribution is 2.27. The molecule has 0 saturated heterocycles. The van der Waals surface area contributed by atoms with Crippen molar-refractivity contribution >= 4 is 10.1 Å². The van der Waals surface area contributed by atoms with Gasteiger partial charge in [-0.3, -0.25) is 9.87 Å². The summed E-state index contributed by atoms with van der Waals surface area (Å²) in [4.78, 5) is 0. The minimum Gasteiger partial charge on any atom is -0.299 e. The molecule has 0 aromatic heterocycles. The zero-order valence-corrected chi connectivity index (χ0v) is 10.1. The number of nitrogens with zero attached hydrogens (tertiary/aromatic N) is 1. The molecular weight excluding hydrogens is 228 g/mol. The molecule has 0 aliphatic heterocycles. The smallest absolute Gasteiger partial charge is 0.264 e. The Kier molecular flexibility index (Phi) is 4.71. The highest BCUT2D eigenvalue weighted by Gasteiger charge is 2.30. The van der Waals surface area contributed by atoms with Gasteiger partial charge in [-0.05, 0) is 25.8 Å². The Hall–Kier alpha value is -0.640. The lowest BCUT2D eigenvalue weighted by atomic mass is 9.83. The molecule has 2 N–H and O–H groups in total. The van der Waals surface area contributed by atoms with Crippen LogP contribution in [0.4, 0.5) is 0 Å². The normalized spacial score (nSPS) is 20.2. The SMILES string of the molecule is N#CC1(NCCCS(=O)(=O)O)CCCCC1. The van der Waals surface area contributed by atoms with E-state index in [-0.39, 0.29) is 5.75 Å². The molecule has 0 radical (unpaired) electrons. The number of hydrogen-bond acceptors (Lipinski definition) is 4. The van der Waals surface area contributed by atoms with Crippen molar-refractivity contribution in [1.29, 1.82) is 5.26 Å². The third-order valence-corrected chi connectivity index (χ3v) is 3.77. The third kappa shape index (κ3) is 4.47. The highest BCUT2D eigenvalue weighted by atomic mass is 32.2. The molecule has 0 aromatic rings. The maximum absolute atomic E-state index is 10.5. The first kappa shape index (κ1) is 13.4. The molecule has 92 valence electrons. The van der Waals surface area contributed by atoms with Gasteiger partial charge in [-0.1, -0.05) is 19.3 Å². The van der Waals surface area contributed by atoms with Gasteiger partial charge in [0, 0.05) is 0 Å². The van der Waals surface area contributed by atoms with E-state index in [0.717, 1.165) is 32.1 Å². The lowest BCUT2D eigenvalue weighted by molar-refractivity contribution is 0.298. The van der Waals surface area contributed by atoms with E-state index < -0.39 is 15.7 Å². The molecule has 0 aromatic carbocycles. The maximum Gasteiger partial charge on any atom is 0.264 e. The van der Waals surface area contributed by atoms with E-state index in [1.165, 1.54) is 0 Å². The van der Waals surface area contributed by atoms with Gasteiger partial charge < -0.3 is 0 Å². The number of hydrogen-bond donors (Lipinski definition) is 2. The van der Waals surface area contributed by atoms with Crippen molar-refractivity contribution < 1.29 is 13.0 Å². The van der Waals surface area contributed by atoms with Gasteiger partial charge >= 0.3 is 0 Å². The average Bonchev–Trinajstić information content (AvgIpc) is 2.25. The van der Waals surface area contributed by atoms with Gasteiger partial charge in [-0.2, -0.15) is 13.7 Å². The minimum absolute atomic E-state index is 0.249. The van der Waals surface area contributed by atoms with Gasteiger partial charge in [0.2, 0.25) is 0 Å². The number of rotatable bonds is 5. The predicted molar refractivity (Wildman–Crippen MR) is 60.5 cm³/mol. The second kappa shape index (κ2) is 5.62. The molecule has 1 fully saturated rings. The summed E-state index contributed by atoms with van der Waals surface area (Å²) in [6, 6.07) is 2.29. The van der Waals surface area contributed by atoms with Gasteiger partial charge in [0.05, 0.1) is 11.8 Å². The van der Waals surface area contributed by atoms with Crippen molar-refractivity contribution in [3.05, 3.63) is 0 Å². The topological polar surface area (TPSA) is 90.2 Å². The standard InChI is InChI=1S/C10H18N2O3S/c11-9-10(5-2-1-3-6-10)12-7-4-8-16(13,14)15/h12H,1-8H2,(H,13,14,15). The summed E-state index contributed by atoms with van der Waals surface area (Å²) in [5, 5.41) is 12.2. The Morgan fingerprint density at radius 2 is 1.94 bits per heavy atom. The van der Waals surface area contributed by atoms with E-state index in [9.17, 15) is 8.42 Å². The van der Waals surface area contributed by atoms with Crippen molar-refractivity contribution in [3.63, 3.8) is 0 Å². The van der Waals surface area contributed by atoms with Crippen LogP contribution in [0, 0.1) is 11.3 Å². The first-order valence-corrected chi connectivity index (χ1v) is 7.20. The Labute approximate surface area is 96.6 Å². The zero-order valence-electron chi connectivity index (χ0n) is 9.28. The molecule has 1 saturated carbocycles. The van der Waals surface area contributed by atoms with Crippen LogP contribution in [0.15, 0.2) is 0 Å². The fraction of sp³-hybridized carbons (Fsp3) is 0.900. The molecule has 5 nitrogen and oxygen atoms in total. The molecule has 16 heavy (non-hydrogen) atoms. The van der Waals surface area contributed by atoms with Crippen LogP contribution in [-0.4, -0.2) is 30.8 Å². The summed E-state index contributed by atoms with van der Waals surface area (Å²) < 4.78 is 29.5. The molecule has 0 amide bonds. The van der Waals surface area contributed by atoms with Gasteiger partial charge in [0.25, 0.3) is 10.1 Å². The summed E-state index contributed by atoms with van der Waals surface area (Å²) in [5.41, 5.74) is -0.475. The Bertz CT molecular complexity index is 353. The Morgan fingerprint density at radius 1 is 1.31 bits per heavy atom. The second-order valence-electron chi connectivity index (χ2n) is 4.32. The van der Waals surface area contributed by atoms with Crippen LogP contribution in [0.1, 0.15) is 38.5 Å². The molecule has 1 aliphatic rings. The van der Waals surface area contributed by atoms with Gasteiger partial charge in [0.15, 0.2) is 0 Å². The largest absolute Gasteiger partial charge is 0.299 e. The van der Waals surface area contributed by atoms with Gasteiger partial charge in [-0.15, -0.1) is 0 Å². The monoisotopic (exact) mass is 246 g/mol. The Balaban J connectivity index is 2.32. The van der Waals surface area contributed by atoms with E-state index in [1.54, 1.807) is 0 Å². The average molecular weight is 246 g/mol. The Morgan fingerprint density at radius 3 is 2.44 bits per heavy atom.